The van der Waals surface area contributed by atoms with Gasteiger partial charge in [-0.1, -0.05) is 0 Å². The summed E-state index contributed by atoms with van der Waals surface area (Å²) >= 11 is 5.07. The molecular formula is C15H15IN2O3S3. The summed E-state index contributed by atoms with van der Waals surface area (Å²) in [5, 5.41) is 4.42. The number of rotatable bonds is 4. The van der Waals surface area contributed by atoms with E-state index in [-0.39, 0.29) is 9.77 Å². The molecule has 0 atom stereocenters. The summed E-state index contributed by atoms with van der Waals surface area (Å²) in [6, 6.07) is 8.87. The molecule has 1 aromatic carbocycles. The van der Waals surface area contributed by atoms with Crippen molar-refractivity contribution in [3.05, 3.63) is 44.2 Å². The molecule has 0 saturated carbocycles. The summed E-state index contributed by atoms with van der Waals surface area (Å²) in [5.74, 6) is 1.18. The Morgan fingerprint density at radius 1 is 1.12 bits per heavy atom. The van der Waals surface area contributed by atoms with Crippen molar-refractivity contribution >= 4 is 67.3 Å². The zero-order chi connectivity index (χ0) is 17.2. The van der Waals surface area contributed by atoms with Crippen LogP contribution in [0.15, 0.2) is 40.6 Å². The number of thiophene rings is 1. The highest BCUT2D eigenvalue weighted by atomic mass is 127. The van der Waals surface area contributed by atoms with E-state index in [0.29, 0.717) is 18.8 Å². The second-order valence-corrected chi connectivity index (χ2v) is 10.4. The van der Waals surface area contributed by atoms with Gasteiger partial charge in [0.15, 0.2) is 0 Å². The van der Waals surface area contributed by atoms with Crippen molar-refractivity contribution in [3.8, 4) is 0 Å². The summed E-state index contributed by atoms with van der Waals surface area (Å²) < 4.78 is 28.2. The Labute approximate surface area is 163 Å². The second-order valence-electron chi connectivity index (χ2n) is 5.09. The Morgan fingerprint density at radius 2 is 1.79 bits per heavy atom. The van der Waals surface area contributed by atoms with Gasteiger partial charge in [-0.3, -0.25) is 4.79 Å². The minimum absolute atomic E-state index is 0.0995. The molecule has 1 aromatic heterocycles. The van der Waals surface area contributed by atoms with Gasteiger partial charge in [-0.25, -0.2) is 8.42 Å². The fraction of sp³-hybridized carbons (Fsp3) is 0.267. The Balaban J connectivity index is 1.84. The van der Waals surface area contributed by atoms with Crippen LogP contribution in [0.3, 0.4) is 0 Å². The highest BCUT2D eigenvalue weighted by Gasteiger charge is 2.31. The number of nitrogens with zero attached hydrogens (tertiary/aromatic N) is 1. The van der Waals surface area contributed by atoms with Crippen LogP contribution in [-0.2, 0) is 10.0 Å². The minimum atomic E-state index is -3.62. The van der Waals surface area contributed by atoms with Crippen molar-refractivity contribution in [2.45, 2.75) is 4.90 Å². The van der Waals surface area contributed by atoms with Gasteiger partial charge in [0.25, 0.3) is 5.91 Å². The molecule has 24 heavy (non-hydrogen) atoms. The number of amides is 1. The number of hydrogen-bond donors (Lipinski definition) is 1. The van der Waals surface area contributed by atoms with Crippen LogP contribution in [0.4, 0.5) is 5.69 Å². The first-order chi connectivity index (χ1) is 11.5. The van der Waals surface area contributed by atoms with Crippen molar-refractivity contribution in [2.75, 3.05) is 29.9 Å². The third-order valence-corrected chi connectivity index (χ3v) is 8.17. The Kier molecular flexibility index (Phi) is 5.85. The minimum Gasteiger partial charge on any atom is -0.321 e. The monoisotopic (exact) mass is 494 g/mol. The quantitative estimate of drug-likeness (QED) is 0.663. The lowest BCUT2D eigenvalue weighted by Gasteiger charge is -2.25. The van der Waals surface area contributed by atoms with Gasteiger partial charge in [0.05, 0.1) is 0 Å². The maximum absolute atomic E-state index is 12.8. The van der Waals surface area contributed by atoms with Crippen LogP contribution in [-0.4, -0.2) is 43.2 Å². The first kappa shape index (κ1) is 18.2. The third kappa shape index (κ3) is 3.96. The lowest BCUT2D eigenvalue weighted by atomic mass is 10.3. The van der Waals surface area contributed by atoms with Crippen LogP contribution < -0.4 is 5.32 Å². The van der Waals surface area contributed by atoms with E-state index in [4.69, 9.17) is 0 Å². The van der Waals surface area contributed by atoms with Gasteiger partial charge in [0.1, 0.15) is 9.77 Å². The van der Waals surface area contributed by atoms with Gasteiger partial charge in [0, 0.05) is 33.9 Å². The molecule has 2 heterocycles. The molecule has 1 aliphatic heterocycles. The third-order valence-electron chi connectivity index (χ3n) is 3.53. The number of carbonyl (C=O) groups is 1. The second kappa shape index (κ2) is 7.73. The molecule has 1 N–H and O–H groups in total. The average molecular weight is 494 g/mol. The Hall–Kier alpha value is -0.620. The van der Waals surface area contributed by atoms with Gasteiger partial charge >= 0.3 is 0 Å². The van der Waals surface area contributed by atoms with Crippen LogP contribution in [0.5, 0.6) is 0 Å². The number of anilines is 1. The standard InChI is InChI=1S/C15H15IN2O3S3/c16-11-1-3-12(4-2-11)17-15(19)14-13(5-8-23-14)24(20,21)18-6-9-22-10-7-18/h1-5,8H,6-7,9-10H2,(H,17,19). The molecule has 0 bridgehead atoms. The van der Waals surface area contributed by atoms with Crippen LogP contribution >= 0.6 is 45.7 Å². The normalized spacial score (nSPS) is 16.0. The number of hydrogen-bond acceptors (Lipinski definition) is 5. The van der Waals surface area contributed by atoms with E-state index in [1.54, 1.807) is 29.3 Å². The van der Waals surface area contributed by atoms with Crippen LogP contribution in [0, 0.1) is 3.57 Å². The first-order valence-corrected chi connectivity index (χ1v) is 11.8. The molecule has 5 nitrogen and oxygen atoms in total. The summed E-state index contributed by atoms with van der Waals surface area (Å²) in [6.07, 6.45) is 0. The summed E-state index contributed by atoms with van der Waals surface area (Å²) in [4.78, 5) is 12.8. The lowest BCUT2D eigenvalue weighted by molar-refractivity contribution is 0.102. The van der Waals surface area contributed by atoms with Crippen molar-refractivity contribution < 1.29 is 13.2 Å². The van der Waals surface area contributed by atoms with E-state index >= 15 is 0 Å². The van der Waals surface area contributed by atoms with Crippen LogP contribution in [0.1, 0.15) is 9.67 Å². The number of benzene rings is 1. The number of halogens is 1. The maximum atomic E-state index is 12.8. The van der Waals surface area contributed by atoms with Crippen molar-refractivity contribution in [1.29, 1.82) is 0 Å². The zero-order valence-electron chi connectivity index (χ0n) is 12.6. The van der Waals surface area contributed by atoms with Gasteiger partial charge in [-0.2, -0.15) is 16.1 Å². The first-order valence-electron chi connectivity index (χ1n) is 7.21. The van der Waals surface area contributed by atoms with E-state index in [1.807, 2.05) is 12.1 Å². The highest BCUT2D eigenvalue weighted by molar-refractivity contribution is 14.1. The van der Waals surface area contributed by atoms with E-state index < -0.39 is 15.9 Å². The molecule has 0 aliphatic carbocycles. The van der Waals surface area contributed by atoms with Crippen molar-refractivity contribution in [1.82, 2.24) is 4.31 Å². The van der Waals surface area contributed by atoms with Gasteiger partial charge in [-0.15, -0.1) is 11.3 Å². The number of sulfonamides is 1. The molecule has 0 radical (unpaired) electrons. The van der Waals surface area contributed by atoms with E-state index in [9.17, 15) is 13.2 Å². The van der Waals surface area contributed by atoms with Gasteiger partial charge in [-0.05, 0) is 58.3 Å². The maximum Gasteiger partial charge on any atom is 0.267 e. The number of nitrogens with one attached hydrogen (secondary N) is 1. The molecule has 1 saturated heterocycles. The summed E-state index contributed by atoms with van der Waals surface area (Å²) in [5.41, 5.74) is 0.645. The number of thioether (sulfide) groups is 1. The smallest absolute Gasteiger partial charge is 0.267 e. The van der Waals surface area contributed by atoms with E-state index in [2.05, 4.69) is 27.9 Å². The van der Waals surface area contributed by atoms with Gasteiger partial charge in [0.2, 0.25) is 10.0 Å². The van der Waals surface area contributed by atoms with E-state index in [1.165, 1.54) is 10.4 Å². The molecule has 0 unspecified atom stereocenters. The predicted octanol–water partition coefficient (Wildman–Crippen LogP) is 3.34. The van der Waals surface area contributed by atoms with Crippen LogP contribution in [0.25, 0.3) is 0 Å². The molecule has 1 aliphatic rings. The Bertz CT molecular complexity index is 828. The largest absolute Gasteiger partial charge is 0.321 e. The average Bonchev–Trinajstić information content (AvgIpc) is 3.08. The van der Waals surface area contributed by atoms with Crippen molar-refractivity contribution in [2.24, 2.45) is 0 Å². The molecule has 2 aromatic rings. The van der Waals surface area contributed by atoms with Crippen molar-refractivity contribution in [3.63, 3.8) is 0 Å². The highest BCUT2D eigenvalue weighted by Crippen LogP contribution is 2.28. The number of carbonyl (C=O) groups excluding carboxylic acids is 1. The summed E-state index contributed by atoms with van der Waals surface area (Å²) in [7, 11) is -3.62. The molecule has 128 valence electrons. The summed E-state index contributed by atoms with van der Waals surface area (Å²) in [6.45, 7) is 0.974. The molecular weight excluding hydrogens is 479 g/mol. The molecule has 9 heteroatoms. The van der Waals surface area contributed by atoms with E-state index in [0.717, 1.165) is 26.4 Å². The van der Waals surface area contributed by atoms with Crippen LogP contribution in [0.2, 0.25) is 0 Å². The fourth-order valence-electron chi connectivity index (χ4n) is 2.31. The predicted molar refractivity (Wildman–Crippen MR) is 108 cm³/mol. The lowest BCUT2D eigenvalue weighted by Crippen LogP contribution is -2.38. The molecule has 1 amide bonds. The topological polar surface area (TPSA) is 66.5 Å². The Morgan fingerprint density at radius 3 is 2.46 bits per heavy atom. The molecule has 1 fully saturated rings. The zero-order valence-corrected chi connectivity index (χ0v) is 17.2. The fourth-order valence-corrected chi connectivity index (χ4v) is 6.54. The SMILES string of the molecule is O=C(Nc1ccc(I)cc1)c1sccc1S(=O)(=O)N1CCSCC1. The molecule has 3 rings (SSSR count). The van der Waals surface area contributed by atoms with Gasteiger partial charge < -0.3 is 5.32 Å². The molecule has 0 spiro atoms.